The fraction of sp³-hybridized carbons (Fsp3) is 0.625. The Morgan fingerprint density at radius 3 is 1.38 bits per heavy atom. The molecule has 0 saturated carbocycles. The van der Waals surface area contributed by atoms with Gasteiger partial charge in [-0.05, 0) is 107 Å². The van der Waals surface area contributed by atoms with Crippen LogP contribution in [-0.4, -0.2) is 73.5 Å². The average Bonchev–Trinajstić information content (AvgIpc) is 3.07. The SMILES string of the molecule is CC(C)=CCC/C(C)=C/CC/C(C)=C/CSCC=O.N.O.OC1CSC(O)CS1.[C-]#N.[C-]#[N+]C(N)CSC/C=C(\C)CC/C=C(\C)CCC=C(C)C.[K+]. The standard InChI is InChI=1S/C18H30N2S.C17H28OS.C4H8O2S2.CN.K.H3N.H2O/c1-15(2)8-6-9-16(3)10-7-11-17(4)12-13-21-14-18(19)20-5;1-15(2)7-5-8-16(3)9-6-10-17(4)11-13-19-14-12-18;5-3-1-7-4(6)2-8-3;1-2;;;/h8,10,12,18H,6-7,9,11,13-14,19H2,1-4H3;7,9,11-12H,5-6,8,10,13-14H2,1-4H3;3-6H,1-2H2;;;1H3;1H2/q;;;-1;+1;;/b16-10+,17-12+;16-9+,17-11+;;;;;. The Morgan fingerprint density at radius 2 is 1.06 bits per heavy atom. The molecule has 0 aromatic heterocycles. The van der Waals surface area contributed by atoms with Gasteiger partial charge in [-0.1, -0.05) is 69.9 Å². The molecule has 0 aliphatic carbocycles. The quantitative estimate of drug-likeness (QED) is 0.0322. The van der Waals surface area contributed by atoms with E-state index in [1.807, 2.05) is 0 Å². The molecule has 1 aliphatic rings. The van der Waals surface area contributed by atoms with Crippen molar-refractivity contribution in [1.82, 2.24) is 6.15 Å². The van der Waals surface area contributed by atoms with E-state index in [9.17, 15) is 4.79 Å². The van der Waals surface area contributed by atoms with Crippen LogP contribution in [0.2, 0.25) is 0 Å². The molecule has 0 radical (unpaired) electrons. The summed E-state index contributed by atoms with van der Waals surface area (Å²) < 4.78 is 0. The van der Waals surface area contributed by atoms with Gasteiger partial charge in [0, 0.05) is 28.8 Å². The Hall–Kier alpha value is -0.0736. The summed E-state index contributed by atoms with van der Waals surface area (Å²) in [5, 5.41) is 24.0. The zero-order chi connectivity index (χ0) is 38.6. The van der Waals surface area contributed by atoms with Crippen molar-refractivity contribution >= 4 is 53.3 Å². The van der Waals surface area contributed by atoms with Gasteiger partial charge in [0.15, 0.2) is 0 Å². The first-order valence-electron chi connectivity index (χ1n) is 17.2. The molecule has 0 aromatic rings. The predicted molar refractivity (Wildman–Crippen MR) is 237 cm³/mol. The van der Waals surface area contributed by atoms with Crippen molar-refractivity contribution in [2.24, 2.45) is 5.73 Å². The number of hydrogen-bond acceptors (Lipinski definition) is 10. The smallest absolute Gasteiger partial charge is 0.512 e. The van der Waals surface area contributed by atoms with Gasteiger partial charge in [-0.2, -0.15) is 11.8 Å². The van der Waals surface area contributed by atoms with E-state index in [4.69, 9.17) is 34.4 Å². The van der Waals surface area contributed by atoms with Crippen molar-refractivity contribution in [1.29, 1.82) is 5.26 Å². The number of nitrogens with two attached hydrogens (primary N) is 1. The van der Waals surface area contributed by atoms with Crippen LogP contribution in [0.4, 0.5) is 0 Å². The van der Waals surface area contributed by atoms with Gasteiger partial charge in [-0.15, -0.1) is 35.3 Å². The Kier molecular flexibility index (Phi) is 58.8. The van der Waals surface area contributed by atoms with Crippen LogP contribution in [0, 0.1) is 18.4 Å². The van der Waals surface area contributed by atoms with E-state index < -0.39 is 0 Å². The Bertz CT molecular complexity index is 1110. The van der Waals surface area contributed by atoms with Gasteiger partial charge in [0.25, 0.3) is 6.17 Å². The van der Waals surface area contributed by atoms with Crippen molar-refractivity contribution in [3.8, 4) is 0 Å². The number of thioether (sulfide) groups is 4. The minimum Gasteiger partial charge on any atom is -0.512 e. The number of carbonyl (C=O) groups is 1. The summed E-state index contributed by atoms with van der Waals surface area (Å²) in [4.78, 5) is 13.5. The second-order valence-electron chi connectivity index (χ2n) is 12.4. The summed E-state index contributed by atoms with van der Waals surface area (Å²) >= 11 is 6.22. The number of allylic oxidation sites excluding steroid dienone is 10. The normalized spacial score (nSPS) is 15.9. The average molecular weight is 839 g/mol. The Balaban J connectivity index is -0.000000159. The van der Waals surface area contributed by atoms with Crippen molar-refractivity contribution in [2.45, 2.75) is 124 Å². The molecule has 53 heavy (non-hydrogen) atoms. The molecular formula is C40H71KN4O4S4. The maximum Gasteiger partial charge on any atom is 1.00 e. The van der Waals surface area contributed by atoms with Gasteiger partial charge in [0.05, 0.1) is 5.75 Å². The number of rotatable bonds is 20. The number of aliphatic hydroxyl groups excluding tert-OH is 2. The number of nitrogens with zero attached hydrogens (tertiary/aromatic N) is 2. The summed E-state index contributed by atoms with van der Waals surface area (Å²) in [5.74, 6) is 4.55. The first-order chi connectivity index (χ1) is 23.8. The second kappa shape index (κ2) is 48.1. The molecule has 1 fully saturated rings. The third-order valence-electron chi connectivity index (χ3n) is 6.85. The van der Waals surface area contributed by atoms with Crippen LogP contribution in [-0.2, 0) is 4.79 Å². The minimum absolute atomic E-state index is 0. The second-order valence-corrected chi connectivity index (χ2v) is 17.0. The van der Waals surface area contributed by atoms with Crippen molar-refractivity contribution < 1.29 is 71.9 Å². The fourth-order valence-electron chi connectivity index (χ4n) is 3.91. The molecule has 300 valence electrons. The van der Waals surface area contributed by atoms with Gasteiger partial charge in [-0.25, -0.2) is 6.57 Å². The summed E-state index contributed by atoms with van der Waals surface area (Å²) in [6, 6.07) is 0. The molecule has 1 heterocycles. The van der Waals surface area contributed by atoms with E-state index in [-0.39, 0.29) is 80.0 Å². The number of aldehydes is 1. The van der Waals surface area contributed by atoms with Crippen molar-refractivity contribution in [2.75, 3.05) is 34.5 Å². The third kappa shape index (κ3) is 54.1. The first-order valence-corrected chi connectivity index (χ1v) is 21.6. The molecule has 0 amide bonds. The van der Waals surface area contributed by atoms with E-state index in [1.54, 1.807) is 23.5 Å². The van der Waals surface area contributed by atoms with Crippen LogP contribution in [0.3, 0.4) is 0 Å². The topological polar surface area (TPSA) is 178 Å². The summed E-state index contributed by atoms with van der Waals surface area (Å²) in [6.45, 7) is 28.9. The Morgan fingerprint density at radius 1 is 0.717 bits per heavy atom. The molecule has 3 unspecified atom stereocenters. The van der Waals surface area contributed by atoms with Gasteiger partial charge in [-0.3, -0.25) is 10.6 Å². The molecule has 0 aromatic carbocycles. The number of hydrogen-bond donors (Lipinski definition) is 4. The van der Waals surface area contributed by atoms with Crippen LogP contribution in [0.5, 0.6) is 0 Å². The molecule has 9 N–H and O–H groups in total. The van der Waals surface area contributed by atoms with E-state index in [1.165, 1.54) is 63.4 Å². The zero-order valence-corrected chi connectivity index (χ0v) is 40.7. The maximum atomic E-state index is 10.2. The van der Waals surface area contributed by atoms with Gasteiger partial charge in [0.2, 0.25) is 0 Å². The molecular weight excluding hydrogens is 768 g/mol. The molecule has 0 bridgehead atoms. The molecule has 8 nitrogen and oxygen atoms in total. The van der Waals surface area contributed by atoms with E-state index in [2.05, 4.69) is 96.7 Å². The van der Waals surface area contributed by atoms with Crippen molar-refractivity contribution in [3.63, 3.8) is 0 Å². The minimum atomic E-state index is -0.352. The molecule has 1 saturated heterocycles. The number of carbonyl (C=O) groups excluding carboxylic acids is 1. The van der Waals surface area contributed by atoms with Gasteiger partial charge < -0.3 is 38.5 Å². The van der Waals surface area contributed by atoms with Crippen LogP contribution in [0.15, 0.2) is 69.9 Å². The zero-order valence-electron chi connectivity index (χ0n) is 34.3. The summed E-state index contributed by atoms with van der Waals surface area (Å²) in [5.41, 5.74) is 13.7. The van der Waals surface area contributed by atoms with Crippen LogP contribution in [0.25, 0.3) is 4.85 Å². The van der Waals surface area contributed by atoms with E-state index in [0.717, 1.165) is 68.5 Å². The maximum absolute atomic E-state index is 10.2. The molecule has 13 heteroatoms. The fourth-order valence-corrected chi connectivity index (χ4v) is 7.41. The van der Waals surface area contributed by atoms with Gasteiger partial charge in [0.1, 0.15) is 17.2 Å². The molecule has 0 spiro atoms. The van der Waals surface area contributed by atoms with E-state index >= 15 is 0 Å². The molecule has 1 aliphatic heterocycles. The van der Waals surface area contributed by atoms with Crippen molar-refractivity contribution in [3.05, 3.63) is 87.9 Å². The van der Waals surface area contributed by atoms with Crippen LogP contribution < -0.4 is 63.3 Å². The predicted octanol–water partition coefficient (Wildman–Crippen LogP) is 7.22. The summed E-state index contributed by atoms with van der Waals surface area (Å²) in [6.07, 6.45) is 23.6. The summed E-state index contributed by atoms with van der Waals surface area (Å²) in [7, 11) is 0. The van der Waals surface area contributed by atoms with Gasteiger partial charge >= 0.3 is 51.4 Å². The monoisotopic (exact) mass is 838 g/mol. The van der Waals surface area contributed by atoms with Crippen LogP contribution >= 0.6 is 47.0 Å². The third-order valence-corrected chi connectivity index (χ3v) is 11.1. The Labute approximate surface area is 384 Å². The van der Waals surface area contributed by atoms with E-state index in [0.29, 0.717) is 17.3 Å². The number of aliphatic hydroxyl groups is 2. The molecule has 3 atom stereocenters. The first kappa shape index (κ1) is 64.8. The molecule has 1 rings (SSSR count). The van der Waals surface area contributed by atoms with Crippen LogP contribution in [0.1, 0.15) is 107 Å². The largest absolute Gasteiger partial charge is 1.00 e.